The number of ether oxygens (including phenoxy) is 1. The number of likely N-dealkylation sites (tertiary alicyclic amines) is 1. The molecule has 2 fully saturated rings. The summed E-state index contributed by atoms with van der Waals surface area (Å²) in [6.45, 7) is 8.11. The molecule has 0 radical (unpaired) electrons. The maximum Gasteiger partial charge on any atom is 0.236 e. The molecular weight excluding hydrogens is 412 g/mol. The van der Waals surface area contributed by atoms with E-state index in [1.54, 1.807) is 7.11 Å². The molecule has 4 rings (SSSR count). The number of nitrogens with zero attached hydrogens (tertiary/aromatic N) is 4. The van der Waals surface area contributed by atoms with Crippen molar-refractivity contribution in [3.05, 3.63) is 60.2 Å². The molecule has 0 unspecified atom stereocenters. The van der Waals surface area contributed by atoms with Crippen LogP contribution in [0.1, 0.15) is 18.4 Å². The number of hydrogen-bond donors (Lipinski definition) is 0. The number of anilines is 1. The lowest BCUT2D eigenvalue weighted by atomic mass is 9.96. The first-order valence-corrected chi connectivity index (χ1v) is 12.2. The van der Waals surface area contributed by atoms with Crippen molar-refractivity contribution in [2.75, 3.05) is 71.4 Å². The maximum atomic E-state index is 12.9. The maximum absolute atomic E-state index is 12.9. The molecule has 2 saturated heterocycles. The van der Waals surface area contributed by atoms with Gasteiger partial charge in [0.05, 0.1) is 13.7 Å². The molecule has 6 heteroatoms. The third-order valence-electron chi connectivity index (χ3n) is 7.00. The van der Waals surface area contributed by atoms with Crippen LogP contribution in [0.25, 0.3) is 0 Å². The van der Waals surface area contributed by atoms with Gasteiger partial charge in [0.15, 0.2) is 0 Å². The van der Waals surface area contributed by atoms with Crippen LogP contribution in [0.3, 0.4) is 0 Å². The van der Waals surface area contributed by atoms with Gasteiger partial charge < -0.3 is 19.4 Å². The number of benzene rings is 2. The predicted molar refractivity (Wildman–Crippen MR) is 134 cm³/mol. The fraction of sp³-hybridized carbons (Fsp3) is 0.519. The highest BCUT2D eigenvalue weighted by Crippen LogP contribution is 2.22. The van der Waals surface area contributed by atoms with E-state index in [0.29, 0.717) is 6.54 Å². The Morgan fingerprint density at radius 1 is 0.939 bits per heavy atom. The van der Waals surface area contributed by atoms with Gasteiger partial charge in [-0.05, 0) is 68.7 Å². The Labute approximate surface area is 198 Å². The summed E-state index contributed by atoms with van der Waals surface area (Å²) in [4.78, 5) is 22.1. The van der Waals surface area contributed by atoms with Gasteiger partial charge >= 0.3 is 0 Å². The van der Waals surface area contributed by atoms with Crippen molar-refractivity contribution in [1.29, 1.82) is 0 Å². The summed E-state index contributed by atoms with van der Waals surface area (Å²) in [7, 11) is 3.90. The largest absolute Gasteiger partial charge is 0.497 e. The van der Waals surface area contributed by atoms with Crippen molar-refractivity contribution in [3.8, 4) is 5.75 Å². The first kappa shape index (κ1) is 23.6. The molecule has 6 nitrogen and oxygen atoms in total. The van der Waals surface area contributed by atoms with Crippen LogP contribution in [-0.2, 0) is 11.3 Å². The van der Waals surface area contributed by atoms with Crippen LogP contribution in [0.4, 0.5) is 5.69 Å². The molecule has 1 amide bonds. The van der Waals surface area contributed by atoms with Crippen molar-refractivity contribution >= 4 is 11.6 Å². The topological polar surface area (TPSA) is 39.3 Å². The molecule has 0 bridgehead atoms. The SMILES string of the molecule is COc1ccc(N2CCN(C(=O)CN3CCC(CN(C)Cc4ccccc4)CC3)CC2)cc1. The molecule has 0 atom stereocenters. The fourth-order valence-electron chi connectivity index (χ4n) is 5.03. The van der Waals surface area contributed by atoms with Gasteiger partial charge in [0.25, 0.3) is 0 Å². The average Bonchev–Trinajstić information content (AvgIpc) is 2.86. The summed E-state index contributed by atoms with van der Waals surface area (Å²) in [5, 5.41) is 0. The molecule has 0 N–H and O–H groups in total. The Morgan fingerprint density at radius 3 is 2.24 bits per heavy atom. The molecule has 2 aliphatic rings. The summed E-state index contributed by atoms with van der Waals surface area (Å²) in [6, 6.07) is 18.9. The first-order chi connectivity index (χ1) is 16.1. The van der Waals surface area contributed by atoms with E-state index in [1.807, 2.05) is 17.0 Å². The Hall–Kier alpha value is -2.57. The molecule has 2 aromatic carbocycles. The molecule has 2 aliphatic heterocycles. The van der Waals surface area contributed by atoms with Crippen LogP contribution in [0.15, 0.2) is 54.6 Å². The van der Waals surface area contributed by atoms with E-state index < -0.39 is 0 Å². The summed E-state index contributed by atoms with van der Waals surface area (Å²) in [5.74, 6) is 1.88. The van der Waals surface area contributed by atoms with Gasteiger partial charge in [0, 0.05) is 45.0 Å². The second-order valence-corrected chi connectivity index (χ2v) is 9.47. The lowest BCUT2D eigenvalue weighted by Gasteiger charge is -2.38. The molecule has 0 aromatic heterocycles. The van der Waals surface area contributed by atoms with Crippen LogP contribution < -0.4 is 9.64 Å². The normalized spacial score (nSPS) is 18.0. The second kappa shape index (κ2) is 11.5. The highest BCUT2D eigenvalue weighted by Gasteiger charge is 2.26. The van der Waals surface area contributed by atoms with Crippen molar-refractivity contribution in [1.82, 2.24) is 14.7 Å². The van der Waals surface area contributed by atoms with Crippen molar-refractivity contribution in [3.63, 3.8) is 0 Å². The number of carbonyl (C=O) groups is 1. The van der Waals surface area contributed by atoms with E-state index in [-0.39, 0.29) is 5.91 Å². The molecule has 33 heavy (non-hydrogen) atoms. The van der Waals surface area contributed by atoms with Gasteiger partial charge in [-0.25, -0.2) is 0 Å². The number of piperazine rings is 1. The van der Waals surface area contributed by atoms with Gasteiger partial charge in [0.2, 0.25) is 5.91 Å². The van der Waals surface area contributed by atoms with Gasteiger partial charge in [0.1, 0.15) is 5.75 Å². The van der Waals surface area contributed by atoms with E-state index in [1.165, 1.54) is 24.1 Å². The Kier molecular flexibility index (Phi) is 8.24. The van der Waals surface area contributed by atoms with E-state index >= 15 is 0 Å². The van der Waals surface area contributed by atoms with Gasteiger partial charge in [-0.3, -0.25) is 9.69 Å². The van der Waals surface area contributed by atoms with Crippen molar-refractivity contribution in [2.24, 2.45) is 5.92 Å². The monoisotopic (exact) mass is 450 g/mol. The Balaban J connectivity index is 1.15. The number of piperidine rings is 1. The van der Waals surface area contributed by atoms with Crippen LogP contribution in [0, 0.1) is 5.92 Å². The zero-order valence-corrected chi connectivity index (χ0v) is 20.2. The van der Waals surface area contributed by atoms with Crippen LogP contribution >= 0.6 is 0 Å². The van der Waals surface area contributed by atoms with E-state index in [2.05, 4.69) is 64.2 Å². The summed E-state index contributed by atoms with van der Waals surface area (Å²) >= 11 is 0. The third kappa shape index (κ3) is 6.71. The number of carbonyl (C=O) groups excluding carboxylic acids is 1. The predicted octanol–water partition coefficient (Wildman–Crippen LogP) is 3.19. The number of rotatable bonds is 8. The van der Waals surface area contributed by atoms with Gasteiger partial charge in [-0.1, -0.05) is 30.3 Å². The number of hydrogen-bond acceptors (Lipinski definition) is 5. The van der Waals surface area contributed by atoms with Crippen LogP contribution in [0.2, 0.25) is 0 Å². The highest BCUT2D eigenvalue weighted by molar-refractivity contribution is 5.78. The Morgan fingerprint density at radius 2 is 1.61 bits per heavy atom. The summed E-state index contributed by atoms with van der Waals surface area (Å²) in [5.41, 5.74) is 2.57. The highest BCUT2D eigenvalue weighted by atomic mass is 16.5. The van der Waals surface area contributed by atoms with Crippen molar-refractivity contribution < 1.29 is 9.53 Å². The smallest absolute Gasteiger partial charge is 0.236 e. The van der Waals surface area contributed by atoms with Crippen molar-refractivity contribution in [2.45, 2.75) is 19.4 Å². The standard InChI is InChI=1S/C27H38N4O2/c1-28(20-23-6-4-3-5-7-23)21-24-12-14-29(15-13-24)22-27(32)31-18-16-30(17-19-31)25-8-10-26(33-2)11-9-25/h3-11,24H,12-22H2,1-2H3. The molecule has 0 saturated carbocycles. The third-order valence-corrected chi connectivity index (χ3v) is 7.00. The van der Waals surface area contributed by atoms with Crippen LogP contribution in [0.5, 0.6) is 5.75 Å². The van der Waals surface area contributed by atoms with E-state index in [0.717, 1.165) is 64.0 Å². The second-order valence-electron chi connectivity index (χ2n) is 9.47. The molecule has 0 spiro atoms. The fourth-order valence-corrected chi connectivity index (χ4v) is 5.03. The summed E-state index contributed by atoms with van der Waals surface area (Å²) in [6.07, 6.45) is 2.36. The van der Waals surface area contributed by atoms with Gasteiger partial charge in [-0.2, -0.15) is 0 Å². The molecular formula is C27H38N4O2. The Bertz CT molecular complexity index is 857. The molecule has 178 valence electrons. The van der Waals surface area contributed by atoms with E-state index in [4.69, 9.17) is 4.74 Å². The molecule has 2 aromatic rings. The zero-order valence-electron chi connectivity index (χ0n) is 20.2. The average molecular weight is 451 g/mol. The summed E-state index contributed by atoms with van der Waals surface area (Å²) < 4.78 is 5.25. The zero-order chi connectivity index (χ0) is 23.0. The minimum Gasteiger partial charge on any atom is -0.497 e. The number of methoxy groups -OCH3 is 1. The lowest BCUT2D eigenvalue weighted by Crippen LogP contribution is -2.52. The molecule has 0 aliphatic carbocycles. The number of amides is 1. The quantitative estimate of drug-likeness (QED) is 0.618. The first-order valence-electron chi connectivity index (χ1n) is 12.2. The molecule has 2 heterocycles. The van der Waals surface area contributed by atoms with Crippen LogP contribution in [-0.4, -0.2) is 87.1 Å². The minimum atomic E-state index is 0.282. The minimum absolute atomic E-state index is 0.282. The lowest BCUT2D eigenvalue weighted by molar-refractivity contribution is -0.133. The van der Waals surface area contributed by atoms with E-state index in [9.17, 15) is 4.79 Å². The van der Waals surface area contributed by atoms with Gasteiger partial charge in [-0.15, -0.1) is 0 Å².